The molecule has 2 rings (SSSR count). The van der Waals surface area contributed by atoms with Gasteiger partial charge in [-0.1, -0.05) is 17.3 Å². The number of aryl methyl sites for hydroxylation is 1. The molecule has 1 aromatic carbocycles. The number of anilines is 1. The highest BCUT2D eigenvalue weighted by molar-refractivity contribution is 8.00. The van der Waals surface area contributed by atoms with Gasteiger partial charge >= 0.3 is 5.97 Å². The Bertz CT molecular complexity index is 668. The van der Waals surface area contributed by atoms with Crippen molar-refractivity contribution in [3.8, 4) is 0 Å². The molecule has 2 N–H and O–H groups in total. The van der Waals surface area contributed by atoms with Crippen molar-refractivity contribution in [2.24, 2.45) is 0 Å². The smallest absolute Gasteiger partial charge is 0.336 e. The van der Waals surface area contributed by atoms with Crippen LogP contribution in [0.5, 0.6) is 0 Å². The van der Waals surface area contributed by atoms with Crippen LogP contribution >= 0.6 is 11.8 Å². The van der Waals surface area contributed by atoms with E-state index in [-0.39, 0.29) is 11.5 Å². The SMILES string of the molecule is Cc1cc(NC(=O)C(C)Sc2ccccc2C(=O)O)no1. The lowest BCUT2D eigenvalue weighted by Crippen LogP contribution is -2.22. The van der Waals surface area contributed by atoms with E-state index in [9.17, 15) is 9.59 Å². The summed E-state index contributed by atoms with van der Waals surface area (Å²) in [5.74, 6) is -0.343. The van der Waals surface area contributed by atoms with E-state index < -0.39 is 11.2 Å². The maximum Gasteiger partial charge on any atom is 0.336 e. The standard InChI is InChI=1S/C14H14N2O4S/c1-8-7-12(16-20-8)15-13(17)9(2)21-11-6-4-3-5-10(11)14(18)19/h3-7,9H,1-2H3,(H,18,19)(H,15,16,17). The summed E-state index contributed by atoms with van der Waals surface area (Å²) in [7, 11) is 0. The zero-order chi connectivity index (χ0) is 15.4. The maximum absolute atomic E-state index is 12.0. The van der Waals surface area contributed by atoms with E-state index in [1.807, 2.05) is 0 Å². The van der Waals surface area contributed by atoms with Crippen molar-refractivity contribution in [1.29, 1.82) is 0 Å². The van der Waals surface area contributed by atoms with E-state index >= 15 is 0 Å². The number of carboxylic acids is 1. The van der Waals surface area contributed by atoms with Gasteiger partial charge in [0, 0.05) is 11.0 Å². The molecule has 1 amide bonds. The predicted octanol–water partition coefficient (Wildman–Crippen LogP) is 2.80. The maximum atomic E-state index is 12.0. The van der Waals surface area contributed by atoms with Crippen molar-refractivity contribution >= 4 is 29.5 Å². The number of aromatic nitrogens is 1. The summed E-state index contributed by atoms with van der Waals surface area (Å²) < 4.78 is 4.86. The number of carbonyl (C=O) groups excluding carboxylic acids is 1. The molecule has 7 heteroatoms. The summed E-state index contributed by atoms with van der Waals surface area (Å²) in [6, 6.07) is 8.19. The minimum atomic E-state index is -1.02. The lowest BCUT2D eigenvalue weighted by Gasteiger charge is -2.12. The number of rotatable bonds is 5. The lowest BCUT2D eigenvalue weighted by molar-refractivity contribution is -0.115. The lowest BCUT2D eigenvalue weighted by atomic mass is 10.2. The quantitative estimate of drug-likeness (QED) is 0.825. The van der Waals surface area contributed by atoms with Crippen LogP contribution in [0.25, 0.3) is 0 Å². The van der Waals surface area contributed by atoms with E-state index in [4.69, 9.17) is 9.63 Å². The van der Waals surface area contributed by atoms with Gasteiger partial charge in [0.1, 0.15) is 5.76 Å². The van der Waals surface area contributed by atoms with Crippen LogP contribution in [-0.2, 0) is 4.79 Å². The first-order chi connectivity index (χ1) is 9.97. The molecule has 0 aliphatic heterocycles. The molecule has 110 valence electrons. The van der Waals surface area contributed by atoms with Crippen LogP contribution in [-0.4, -0.2) is 27.4 Å². The molecular weight excluding hydrogens is 292 g/mol. The summed E-state index contributed by atoms with van der Waals surface area (Å²) in [6.07, 6.45) is 0. The van der Waals surface area contributed by atoms with E-state index in [2.05, 4.69) is 10.5 Å². The van der Waals surface area contributed by atoms with E-state index in [1.54, 1.807) is 38.1 Å². The third-order valence-corrected chi connectivity index (χ3v) is 3.85. The van der Waals surface area contributed by atoms with Crippen molar-refractivity contribution in [1.82, 2.24) is 5.16 Å². The van der Waals surface area contributed by atoms with Crippen molar-refractivity contribution in [3.05, 3.63) is 41.7 Å². The van der Waals surface area contributed by atoms with Crippen LogP contribution in [0.2, 0.25) is 0 Å². The Labute approximate surface area is 125 Å². The molecule has 1 heterocycles. The monoisotopic (exact) mass is 306 g/mol. The molecule has 1 atom stereocenters. The van der Waals surface area contributed by atoms with Gasteiger partial charge in [0.2, 0.25) is 5.91 Å². The zero-order valence-electron chi connectivity index (χ0n) is 11.5. The zero-order valence-corrected chi connectivity index (χ0v) is 12.3. The molecule has 0 saturated carbocycles. The molecule has 0 bridgehead atoms. The number of thioether (sulfide) groups is 1. The second-order valence-corrected chi connectivity index (χ2v) is 5.76. The van der Waals surface area contributed by atoms with Crippen molar-refractivity contribution in [2.45, 2.75) is 24.0 Å². The first kappa shape index (κ1) is 15.1. The van der Waals surface area contributed by atoms with Gasteiger partial charge in [0.15, 0.2) is 5.82 Å². The molecule has 1 unspecified atom stereocenters. The van der Waals surface area contributed by atoms with Crippen LogP contribution in [0.15, 0.2) is 39.8 Å². The van der Waals surface area contributed by atoms with Gasteiger partial charge in [0.05, 0.1) is 10.8 Å². The third-order valence-electron chi connectivity index (χ3n) is 2.67. The third kappa shape index (κ3) is 3.85. The number of hydrogen-bond donors (Lipinski definition) is 2. The first-order valence-electron chi connectivity index (χ1n) is 6.20. The highest BCUT2D eigenvalue weighted by atomic mass is 32.2. The summed E-state index contributed by atoms with van der Waals surface area (Å²) in [5.41, 5.74) is 0.180. The van der Waals surface area contributed by atoms with Gasteiger partial charge in [-0.3, -0.25) is 4.79 Å². The molecule has 0 saturated heterocycles. The molecule has 0 aliphatic carbocycles. The normalized spacial score (nSPS) is 11.9. The number of hydrogen-bond acceptors (Lipinski definition) is 5. The Kier molecular flexibility index (Phi) is 4.64. The number of benzene rings is 1. The molecule has 0 spiro atoms. The van der Waals surface area contributed by atoms with Gasteiger partial charge in [-0.2, -0.15) is 0 Å². The van der Waals surface area contributed by atoms with Gasteiger partial charge < -0.3 is 14.9 Å². The average Bonchev–Trinajstić information content (AvgIpc) is 2.84. The van der Waals surface area contributed by atoms with Crippen LogP contribution in [0, 0.1) is 6.92 Å². The largest absolute Gasteiger partial charge is 0.478 e. The summed E-state index contributed by atoms with van der Waals surface area (Å²) >= 11 is 1.18. The average molecular weight is 306 g/mol. The van der Waals surface area contributed by atoms with Crippen LogP contribution in [0.3, 0.4) is 0 Å². The number of amides is 1. The molecule has 0 radical (unpaired) electrons. The summed E-state index contributed by atoms with van der Waals surface area (Å²) in [4.78, 5) is 23.7. The first-order valence-corrected chi connectivity index (χ1v) is 7.08. The second kappa shape index (κ2) is 6.45. The summed E-state index contributed by atoms with van der Waals surface area (Å²) in [6.45, 7) is 3.43. The highest BCUT2D eigenvalue weighted by Gasteiger charge is 2.19. The Balaban J connectivity index is 2.05. The van der Waals surface area contributed by atoms with Crippen LogP contribution in [0.1, 0.15) is 23.0 Å². The molecule has 21 heavy (non-hydrogen) atoms. The minimum Gasteiger partial charge on any atom is -0.478 e. The topological polar surface area (TPSA) is 92.4 Å². The summed E-state index contributed by atoms with van der Waals surface area (Å²) in [5, 5.41) is 14.9. The highest BCUT2D eigenvalue weighted by Crippen LogP contribution is 2.27. The van der Waals surface area contributed by atoms with Crippen LogP contribution < -0.4 is 5.32 Å². The number of aromatic carboxylic acids is 1. The number of nitrogens with one attached hydrogen (secondary N) is 1. The fourth-order valence-electron chi connectivity index (χ4n) is 1.64. The molecular formula is C14H14N2O4S. The van der Waals surface area contributed by atoms with Crippen molar-refractivity contribution in [2.75, 3.05) is 5.32 Å². The fourth-order valence-corrected chi connectivity index (χ4v) is 2.63. The van der Waals surface area contributed by atoms with Gasteiger partial charge in [-0.05, 0) is 26.0 Å². The van der Waals surface area contributed by atoms with E-state index in [0.717, 1.165) is 0 Å². The van der Waals surface area contributed by atoms with E-state index in [0.29, 0.717) is 16.5 Å². The Morgan fingerprint density at radius 1 is 1.38 bits per heavy atom. The van der Waals surface area contributed by atoms with E-state index in [1.165, 1.54) is 17.8 Å². The Morgan fingerprint density at radius 2 is 2.10 bits per heavy atom. The predicted molar refractivity (Wildman–Crippen MR) is 78.6 cm³/mol. The van der Waals surface area contributed by atoms with Crippen molar-refractivity contribution in [3.63, 3.8) is 0 Å². The Hall–Kier alpha value is -2.28. The molecule has 0 fully saturated rings. The van der Waals surface area contributed by atoms with Crippen molar-refractivity contribution < 1.29 is 19.2 Å². The molecule has 0 aliphatic rings. The van der Waals surface area contributed by atoms with Gasteiger partial charge in [-0.25, -0.2) is 4.79 Å². The Morgan fingerprint density at radius 3 is 2.71 bits per heavy atom. The van der Waals surface area contributed by atoms with Crippen LogP contribution in [0.4, 0.5) is 5.82 Å². The van der Waals surface area contributed by atoms with Gasteiger partial charge in [0.25, 0.3) is 0 Å². The number of carbonyl (C=O) groups is 2. The minimum absolute atomic E-state index is 0.180. The molecule has 1 aromatic heterocycles. The number of carboxylic acid groups (broad SMARTS) is 1. The second-order valence-electron chi connectivity index (χ2n) is 4.37. The molecule has 6 nitrogen and oxygen atoms in total. The number of nitrogens with zero attached hydrogens (tertiary/aromatic N) is 1. The van der Waals surface area contributed by atoms with Gasteiger partial charge in [-0.15, -0.1) is 11.8 Å². The molecule has 2 aromatic rings. The fraction of sp³-hybridized carbons (Fsp3) is 0.214.